The van der Waals surface area contributed by atoms with Gasteiger partial charge in [-0.3, -0.25) is 4.79 Å². The van der Waals surface area contributed by atoms with E-state index in [1.165, 1.54) is 13.1 Å². The topological polar surface area (TPSA) is 108 Å². The second kappa shape index (κ2) is 9.27. The highest BCUT2D eigenvalue weighted by Gasteiger charge is 2.27. The molecule has 0 radical (unpaired) electrons. The van der Waals surface area contributed by atoms with Gasteiger partial charge in [0.05, 0.1) is 4.90 Å². The average Bonchev–Trinajstić information content (AvgIpc) is 2.75. The van der Waals surface area contributed by atoms with Gasteiger partial charge in [0, 0.05) is 30.4 Å². The first-order chi connectivity index (χ1) is 14.3. The van der Waals surface area contributed by atoms with Crippen LogP contribution < -0.4 is 15.4 Å². The molecule has 0 atom stereocenters. The molecule has 1 fully saturated rings. The third-order valence-corrected chi connectivity index (χ3v) is 6.75. The molecule has 2 aromatic carbocycles. The van der Waals surface area contributed by atoms with Gasteiger partial charge in [0.25, 0.3) is 0 Å². The highest BCUT2D eigenvalue weighted by molar-refractivity contribution is 7.89. The van der Waals surface area contributed by atoms with Crippen LogP contribution in [0.1, 0.15) is 18.4 Å². The van der Waals surface area contributed by atoms with Crippen molar-refractivity contribution in [1.29, 1.82) is 0 Å². The van der Waals surface area contributed by atoms with Crippen LogP contribution in [0.2, 0.25) is 0 Å². The predicted molar refractivity (Wildman–Crippen MR) is 116 cm³/mol. The van der Waals surface area contributed by atoms with Crippen LogP contribution in [-0.2, 0) is 14.8 Å². The molecule has 0 saturated carbocycles. The molecule has 0 bridgehead atoms. The molecule has 160 valence electrons. The Hall–Kier alpha value is -2.91. The lowest BCUT2D eigenvalue weighted by atomic mass is 9.96. The minimum absolute atomic E-state index is 0.134. The van der Waals surface area contributed by atoms with Crippen LogP contribution in [0.4, 0.5) is 16.2 Å². The number of urea groups is 1. The van der Waals surface area contributed by atoms with Gasteiger partial charge < -0.3 is 15.5 Å². The summed E-state index contributed by atoms with van der Waals surface area (Å²) in [4.78, 5) is 26.9. The Kier molecular flexibility index (Phi) is 6.73. The molecule has 8 nitrogen and oxygen atoms in total. The number of carbonyl (C=O) groups excluding carboxylic acids is 2. The summed E-state index contributed by atoms with van der Waals surface area (Å²) in [6.45, 7) is 2.65. The molecule has 0 unspecified atom stereocenters. The molecule has 0 aromatic heterocycles. The number of piperidine rings is 1. The van der Waals surface area contributed by atoms with E-state index in [-0.39, 0.29) is 22.8 Å². The maximum atomic E-state index is 12.7. The van der Waals surface area contributed by atoms with Crippen LogP contribution in [0.25, 0.3) is 0 Å². The summed E-state index contributed by atoms with van der Waals surface area (Å²) in [6.07, 6.45) is 1.09. The van der Waals surface area contributed by atoms with Gasteiger partial charge in [0.15, 0.2) is 0 Å². The summed E-state index contributed by atoms with van der Waals surface area (Å²) < 4.78 is 26.5. The molecule has 3 N–H and O–H groups in total. The third kappa shape index (κ3) is 5.17. The molecule has 3 amide bonds. The predicted octanol–water partition coefficient (Wildman–Crippen LogP) is 2.79. The number of amides is 3. The van der Waals surface area contributed by atoms with Gasteiger partial charge in [-0.1, -0.05) is 24.3 Å². The van der Waals surface area contributed by atoms with Gasteiger partial charge in [0.2, 0.25) is 15.9 Å². The number of hydrogen-bond donors (Lipinski definition) is 3. The van der Waals surface area contributed by atoms with Crippen molar-refractivity contribution in [1.82, 2.24) is 9.62 Å². The number of para-hydroxylation sites is 1. The first kappa shape index (κ1) is 21.8. The summed E-state index contributed by atoms with van der Waals surface area (Å²) in [6, 6.07) is 13.9. The number of aryl methyl sites for hydroxylation is 1. The van der Waals surface area contributed by atoms with Crippen molar-refractivity contribution in [3.05, 3.63) is 54.1 Å². The molecule has 9 heteroatoms. The molecule has 3 rings (SSSR count). The number of sulfonamides is 1. The number of likely N-dealkylation sites (tertiary alicyclic amines) is 1. The molecule has 0 spiro atoms. The molecule has 1 heterocycles. The highest BCUT2D eigenvalue weighted by atomic mass is 32.2. The summed E-state index contributed by atoms with van der Waals surface area (Å²) in [5.41, 5.74) is 1.76. The third-order valence-electron chi connectivity index (χ3n) is 5.19. The number of rotatable bonds is 5. The summed E-state index contributed by atoms with van der Waals surface area (Å²) in [5.74, 6) is -0.411. The Morgan fingerprint density at radius 2 is 1.63 bits per heavy atom. The lowest BCUT2D eigenvalue weighted by Crippen LogP contribution is -2.43. The van der Waals surface area contributed by atoms with E-state index in [0.29, 0.717) is 37.2 Å². The number of nitrogens with zero attached hydrogens (tertiary/aromatic N) is 1. The number of carbonyl (C=O) groups is 2. The molecular weight excluding hydrogens is 404 g/mol. The van der Waals surface area contributed by atoms with Crippen molar-refractivity contribution in [3.63, 3.8) is 0 Å². The van der Waals surface area contributed by atoms with Crippen LogP contribution in [0, 0.1) is 12.8 Å². The first-order valence-corrected chi connectivity index (χ1v) is 11.2. The largest absolute Gasteiger partial charge is 0.326 e. The van der Waals surface area contributed by atoms with Gasteiger partial charge in [-0.25, -0.2) is 17.9 Å². The fourth-order valence-electron chi connectivity index (χ4n) is 3.39. The van der Waals surface area contributed by atoms with Crippen LogP contribution in [-0.4, -0.2) is 45.4 Å². The normalized spacial score (nSPS) is 14.9. The average molecular weight is 431 g/mol. The quantitative estimate of drug-likeness (QED) is 0.678. The standard InChI is InChI=1S/C21H26N4O4S/c1-15-8-9-18(14-19(15)30(28,29)22-2)23-20(26)16-10-12-25(13-11-16)21(27)24-17-6-4-3-5-7-17/h3-9,14,16,22H,10-13H2,1-2H3,(H,23,26)(H,24,27). The Bertz CT molecular complexity index is 1020. The Labute approximate surface area is 176 Å². The number of anilines is 2. The molecule has 1 aliphatic heterocycles. The molecule has 1 aliphatic rings. The maximum Gasteiger partial charge on any atom is 0.321 e. The number of nitrogens with one attached hydrogen (secondary N) is 3. The molecule has 30 heavy (non-hydrogen) atoms. The Balaban J connectivity index is 1.57. The monoisotopic (exact) mass is 430 g/mol. The summed E-state index contributed by atoms with van der Waals surface area (Å²) in [7, 11) is -2.26. The Morgan fingerprint density at radius 1 is 0.967 bits per heavy atom. The molecule has 2 aromatic rings. The van der Waals surface area contributed by atoms with Crippen molar-refractivity contribution in [2.45, 2.75) is 24.7 Å². The fraction of sp³-hybridized carbons (Fsp3) is 0.333. The second-order valence-corrected chi connectivity index (χ2v) is 9.09. The van der Waals surface area contributed by atoms with Crippen molar-refractivity contribution in [2.75, 3.05) is 30.8 Å². The zero-order valence-corrected chi connectivity index (χ0v) is 17.8. The van der Waals surface area contributed by atoms with Crippen molar-refractivity contribution in [3.8, 4) is 0 Å². The minimum atomic E-state index is -3.61. The van der Waals surface area contributed by atoms with Crippen LogP contribution >= 0.6 is 0 Å². The van der Waals surface area contributed by atoms with Crippen LogP contribution in [0.5, 0.6) is 0 Å². The van der Waals surface area contributed by atoms with Gasteiger partial charge in [0.1, 0.15) is 0 Å². The smallest absolute Gasteiger partial charge is 0.321 e. The zero-order valence-electron chi connectivity index (χ0n) is 17.0. The summed E-state index contributed by atoms with van der Waals surface area (Å²) >= 11 is 0. The molecule has 1 saturated heterocycles. The van der Waals surface area contributed by atoms with Gasteiger partial charge >= 0.3 is 6.03 Å². The molecule has 0 aliphatic carbocycles. The van der Waals surface area contributed by atoms with E-state index in [1.54, 1.807) is 24.0 Å². The second-order valence-electron chi connectivity index (χ2n) is 7.23. The molecular formula is C21H26N4O4S. The van der Waals surface area contributed by atoms with Crippen LogP contribution in [0.3, 0.4) is 0 Å². The number of benzene rings is 2. The van der Waals surface area contributed by atoms with Crippen molar-refractivity contribution in [2.24, 2.45) is 5.92 Å². The fourth-order valence-corrected chi connectivity index (χ4v) is 4.38. The zero-order chi connectivity index (χ0) is 21.7. The van der Waals surface area contributed by atoms with Crippen molar-refractivity contribution >= 4 is 33.3 Å². The van der Waals surface area contributed by atoms with Gasteiger partial charge in [-0.15, -0.1) is 0 Å². The van der Waals surface area contributed by atoms with E-state index < -0.39 is 10.0 Å². The SMILES string of the molecule is CNS(=O)(=O)c1cc(NC(=O)C2CCN(C(=O)Nc3ccccc3)CC2)ccc1C. The lowest BCUT2D eigenvalue weighted by molar-refractivity contribution is -0.121. The van der Waals surface area contributed by atoms with E-state index in [2.05, 4.69) is 15.4 Å². The summed E-state index contributed by atoms with van der Waals surface area (Å²) in [5, 5.41) is 5.66. The van der Waals surface area contributed by atoms with E-state index >= 15 is 0 Å². The van der Waals surface area contributed by atoms with Crippen LogP contribution in [0.15, 0.2) is 53.4 Å². The van der Waals surface area contributed by atoms with Crippen molar-refractivity contribution < 1.29 is 18.0 Å². The van der Waals surface area contributed by atoms with E-state index in [0.717, 1.165) is 5.69 Å². The van der Waals surface area contributed by atoms with Gasteiger partial charge in [-0.05, 0) is 56.6 Å². The highest BCUT2D eigenvalue weighted by Crippen LogP contribution is 2.23. The first-order valence-electron chi connectivity index (χ1n) is 9.76. The minimum Gasteiger partial charge on any atom is -0.326 e. The van der Waals surface area contributed by atoms with E-state index in [9.17, 15) is 18.0 Å². The maximum absolute atomic E-state index is 12.7. The number of hydrogen-bond acceptors (Lipinski definition) is 4. The lowest BCUT2D eigenvalue weighted by Gasteiger charge is -2.31. The Morgan fingerprint density at radius 3 is 2.27 bits per heavy atom. The van der Waals surface area contributed by atoms with E-state index in [4.69, 9.17) is 0 Å². The van der Waals surface area contributed by atoms with E-state index in [1.807, 2.05) is 30.3 Å². The van der Waals surface area contributed by atoms with Gasteiger partial charge in [-0.2, -0.15) is 0 Å².